The molecule has 4 rings (SSSR count). The van der Waals surface area contributed by atoms with Gasteiger partial charge in [-0.1, -0.05) is 46.3 Å². The quantitative estimate of drug-likeness (QED) is 0.151. The van der Waals surface area contributed by atoms with E-state index in [1.54, 1.807) is 5.57 Å². The van der Waals surface area contributed by atoms with Gasteiger partial charge in [-0.25, -0.2) is 4.98 Å². The van der Waals surface area contributed by atoms with Crippen molar-refractivity contribution in [1.29, 1.82) is 5.41 Å². The van der Waals surface area contributed by atoms with Gasteiger partial charge in [0, 0.05) is 32.5 Å². The summed E-state index contributed by atoms with van der Waals surface area (Å²) < 4.78 is 5.01. The number of aliphatic hydroxyl groups is 1. The predicted molar refractivity (Wildman–Crippen MR) is 192 cm³/mol. The number of aryl methyl sites for hydroxylation is 1. The van der Waals surface area contributed by atoms with Gasteiger partial charge in [-0.3, -0.25) is 15.1 Å². The Morgan fingerprint density at radius 1 is 1.17 bits per heavy atom. The molecule has 0 bridgehead atoms. The second-order valence-corrected chi connectivity index (χ2v) is 14.5. The fourth-order valence-electron chi connectivity index (χ4n) is 8.16. The third kappa shape index (κ3) is 9.73. The van der Waals surface area contributed by atoms with Crippen molar-refractivity contribution < 1.29 is 14.6 Å². The Balaban J connectivity index is 1.48. The van der Waals surface area contributed by atoms with Crippen molar-refractivity contribution >= 4 is 22.9 Å². The van der Waals surface area contributed by atoms with E-state index in [9.17, 15) is 9.90 Å². The number of aliphatic hydroxyl groups excluding tert-OH is 1. The van der Waals surface area contributed by atoms with Gasteiger partial charge in [0.25, 0.3) is 0 Å². The van der Waals surface area contributed by atoms with E-state index < -0.39 is 12.5 Å². The average Bonchev–Trinajstić information content (AvgIpc) is 3.44. The molecule has 3 aliphatic carbocycles. The van der Waals surface area contributed by atoms with Gasteiger partial charge < -0.3 is 25.1 Å². The molecule has 6 atom stereocenters. The zero-order chi connectivity index (χ0) is 34.1. The van der Waals surface area contributed by atoms with Crippen molar-refractivity contribution in [2.75, 3.05) is 20.2 Å². The highest BCUT2D eigenvalue weighted by atomic mass is 16.6. The van der Waals surface area contributed by atoms with Crippen molar-refractivity contribution in [2.24, 2.45) is 28.7 Å². The monoisotopic (exact) mass is 650 g/mol. The number of hydrogen-bond acceptors (Lipinski definition) is 7. The molecule has 4 N–H and O–H groups in total. The number of methoxy groups -OCH3 is 1. The Morgan fingerprint density at radius 3 is 2.62 bits per heavy atom. The van der Waals surface area contributed by atoms with Crippen LogP contribution in [0, 0.1) is 29.1 Å². The molecule has 6 unspecified atom stereocenters. The predicted octanol–water partition coefficient (Wildman–Crippen LogP) is 7.09. The van der Waals surface area contributed by atoms with E-state index in [4.69, 9.17) is 15.1 Å². The van der Waals surface area contributed by atoms with Crippen molar-refractivity contribution in [3.05, 3.63) is 34.9 Å². The normalized spacial score (nSPS) is 25.0. The lowest BCUT2D eigenvalue weighted by Crippen LogP contribution is -2.52. The Kier molecular flexibility index (Phi) is 14.0. The molecule has 0 radical (unpaired) electrons. The maximum atomic E-state index is 13.7. The molecule has 0 aromatic carbocycles. The SMILES string of the molecule is CCCN(CC(C)N=C1C(=N)CCC2CC(C3=C(CC)C=C(c4cnc(CC)[nH]4)CCC3)CCC12)C(=O)C(CC(C)C)NC(O)OC. The lowest BCUT2D eigenvalue weighted by molar-refractivity contribution is -0.142. The number of carbonyl (C=O) groups excluding carboxylic acids is 1. The molecule has 262 valence electrons. The topological polar surface area (TPSA) is 127 Å². The summed E-state index contributed by atoms with van der Waals surface area (Å²) in [5.74, 6) is 2.79. The first-order valence-electron chi connectivity index (χ1n) is 18.5. The molecular weight excluding hydrogens is 588 g/mol. The van der Waals surface area contributed by atoms with E-state index in [0.29, 0.717) is 43.0 Å². The molecular formula is C38H62N6O3. The maximum absolute atomic E-state index is 13.7. The molecule has 1 heterocycles. The number of fused-ring (bicyclic) bond motifs is 1. The number of aliphatic imine (C=N–C) groups is 1. The number of amides is 1. The third-order valence-electron chi connectivity index (χ3n) is 10.5. The molecule has 2 fully saturated rings. The minimum absolute atomic E-state index is 0.0280. The van der Waals surface area contributed by atoms with Crippen LogP contribution in [0.2, 0.25) is 0 Å². The molecule has 47 heavy (non-hydrogen) atoms. The van der Waals surface area contributed by atoms with E-state index >= 15 is 0 Å². The third-order valence-corrected chi connectivity index (χ3v) is 10.5. The van der Waals surface area contributed by atoms with Crippen LogP contribution in [0.4, 0.5) is 0 Å². The lowest BCUT2D eigenvalue weighted by Gasteiger charge is -2.42. The fourth-order valence-corrected chi connectivity index (χ4v) is 8.16. The smallest absolute Gasteiger partial charge is 0.239 e. The summed E-state index contributed by atoms with van der Waals surface area (Å²) in [7, 11) is 1.42. The lowest BCUT2D eigenvalue weighted by atomic mass is 9.64. The molecule has 3 aliphatic rings. The fraction of sp³-hybridized carbons (Fsp3) is 0.737. The van der Waals surface area contributed by atoms with Crippen molar-refractivity contribution in [1.82, 2.24) is 20.2 Å². The highest BCUT2D eigenvalue weighted by Gasteiger charge is 2.40. The number of allylic oxidation sites excluding steroid dienone is 4. The van der Waals surface area contributed by atoms with E-state index in [1.165, 1.54) is 43.2 Å². The Hall–Kier alpha value is -2.62. The Labute approximate surface area is 283 Å². The van der Waals surface area contributed by atoms with Crippen LogP contribution in [0.15, 0.2) is 28.4 Å². The Bertz CT molecular complexity index is 1300. The van der Waals surface area contributed by atoms with Gasteiger partial charge >= 0.3 is 0 Å². The number of H-pyrrole nitrogens is 1. The number of aromatic nitrogens is 2. The van der Waals surface area contributed by atoms with Gasteiger partial charge in [0.05, 0.1) is 35.4 Å². The first-order valence-corrected chi connectivity index (χ1v) is 18.5. The molecule has 9 nitrogen and oxygen atoms in total. The van der Waals surface area contributed by atoms with Crippen LogP contribution in [0.25, 0.3) is 5.57 Å². The number of nitrogens with one attached hydrogen (secondary N) is 3. The molecule has 9 heteroatoms. The van der Waals surface area contributed by atoms with Crippen LogP contribution in [0.3, 0.4) is 0 Å². The van der Waals surface area contributed by atoms with E-state index in [1.807, 2.05) is 11.1 Å². The molecule has 1 aromatic heterocycles. The first-order chi connectivity index (χ1) is 22.6. The maximum Gasteiger partial charge on any atom is 0.239 e. The van der Waals surface area contributed by atoms with Crippen LogP contribution >= 0.6 is 0 Å². The van der Waals surface area contributed by atoms with Crippen molar-refractivity contribution in [2.45, 2.75) is 137 Å². The number of rotatable bonds is 15. The van der Waals surface area contributed by atoms with Crippen LogP contribution in [0.5, 0.6) is 0 Å². The number of carbonyl (C=O) groups is 1. The van der Waals surface area contributed by atoms with Crippen LogP contribution in [-0.2, 0) is 16.0 Å². The molecule has 0 aliphatic heterocycles. The zero-order valence-corrected chi connectivity index (χ0v) is 30.2. The van der Waals surface area contributed by atoms with E-state index in [2.05, 4.69) is 62.9 Å². The van der Waals surface area contributed by atoms with Crippen molar-refractivity contribution in [3.8, 4) is 0 Å². The van der Waals surface area contributed by atoms with Gasteiger partial charge in [-0.15, -0.1) is 0 Å². The van der Waals surface area contributed by atoms with Crippen LogP contribution in [-0.4, -0.2) is 76.0 Å². The van der Waals surface area contributed by atoms with Gasteiger partial charge in [-0.05, 0) is 106 Å². The summed E-state index contributed by atoms with van der Waals surface area (Å²) in [5.41, 5.74) is 7.43. The summed E-state index contributed by atoms with van der Waals surface area (Å²) in [6.45, 7) is 13.9. The number of aromatic amines is 1. The largest absolute Gasteiger partial charge is 0.356 e. The van der Waals surface area contributed by atoms with Gasteiger partial charge in [0.15, 0.2) is 0 Å². The number of imidazole rings is 1. The summed E-state index contributed by atoms with van der Waals surface area (Å²) in [5, 5.41) is 22.0. The number of nitrogens with zero attached hydrogens (tertiary/aromatic N) is 3. The minimum atomic E-state index is -1.19. The number of ether oxygens (including phenoxy) is 1. The molecule has 1 aromatic rings. The van der Waals surface area contributed by atoms with Gasteiger partial charge in [0.1, 0.15) is 5.82 Å². The summed E-state index contributed by atoms with van der Waals surface area (Å²) in [6, 6.07) is -0.644. The zero-order valence-electron chi connectivity index (χ0n) is 30.2. The van der Waals surface area contributed by atoms with Gasteiger partial charge in [-0.2, -0.15) is 0 Å². The van der Waals surface area contributed by atoms with E-state index in [-0.39, 0.29) is 17.9 Å². The molecule has 2 saturated carbocycles. The number of hydrogen-bond donors (Lipinski definition) is 4. The second-order valence-electron chi connectivity index (χ2n) is 14.5. The summed E-state index contributed by atoms with van der Waals surface area (Å²) in [4.78, 5) is 28.9. The molecule has 0 saturated heterocycles. The first kappa shape index (κ1) is 37.2. The molecule has 0 spiro atoms. The highest BCUT2D eigenvalue weighted by molar-refractivity contribution is 6.42. The summed E-state index contributed by atoms with van der Waals surface area (Å²) >= 11 is 0. The average molecular weight is 651 g/mol. The second kappa shape index (κ2) is 17.7. The van der Waals surface area contributed by atoms with Gasteiger partial charge in [0.2, 0.25) is 12.3 Å². The van der Waals surface area contributed by atoms with Crippen molar-refractivity contribution in [3.63, 3.8) is 0 Å². The van der Waals surface area contributed by atoms with E-state index in [0.717, 1.165) is 62.9 Å². The standard InChI is InChI=1S/C38H62N6O3/c1-8-18-44(37(45)33(19-24(4)5)43-38(46)47-7)23-25(6)41-36-31-16-14-27(21-28(31)15-17-32(36)39)30-13-11-12-29(20-26(30)9-2)34-22-40-35(10-3)42-34/h20,22,24-25,27-28,31,33,38-39,43,46H,8-19,21,23H2,1-7H3,(H,40,42). The minimum Gasteiger partial charge on any atom is -0.356 e. The highest BCUT2D eigenvalue weighted by Crippen LogP contribution is 2.46. The molecule has 1 amide bonds. The summed E-state index contributed by atoms with van der Waals surface area (Å²) in [6.07, 6.45) is 15.4. The van der Waals surface area contributed by atoms with Crippen LogP contribution < -0.4 is 5.32 Å². The van der Waals surface area contributed by atoms with Crippen LogP contribution in [0.1, 0.15) is 124 Å². The Morgan fingerprint density at radius 2 is 1.96 bits per heavy atom.